The van der Waals surface area contributed by atoms with Gasteiger partial charge in [0, 0.05) is 12.8 Å². The van der Waals surface area contributed by atoms with E-state index < -0.39 is 30.6 Å². The molecular weight excluding hydrogens is 232 g/mol. The molecule has 7 nitrogen and oxygen atoms in total. The van der Waals surface area contributed by atoms with E-state index in [1.807, 2.05) is 0 Å². The van der Waals surface area contributed by atoms with Crippen LogP contribution < -0.4 is 0 Å². The third-order valence-corrected chi connectivity index (χ3v) is 1.93. The van der Waals surface area contributed by atoms with Crippen molar-refractivity contribution in [1.29, 1.82) is 0 Å². The van der Waals surface area contributed by atoms with E-state index >= 15 is 0 Å². The van der Waals surface area contributed by atoms with Crippen LogP contribution in [0.3, 0.4) is 0 Å². The van der Waals surface area contributed by atoms with Crippen LogP contribution in [0.4, 0.5) is 0 Å². The van der Waals surface area contributed by atoms with E-state index in [2.05, 4.69) is 4.74 Å². The van der Waals surface area contributed by atoms with Crippen molar-refractivity contribution in [1.82, 2.24) is 0 Å². The lowest BCUT2D eigenvalue weighted by molar-refractivity contribution is -0.167. The van der Waals surface area contributed by atoms with Crippen molar-refractivity contribution < 1.29 is 34.4 Å². The second-order valence-corrected chi connectivity index (χ2v) is 3.45. The minimum Gasteiger partial charge on any atom is -0.481 e. The van der Waals surface area contributed by atoms with Crippen LogP contribution in [0.5, 0.6) is 0 Å². The highest BCUT2D eigenvalue weighted by atomic mass is 16.6. The summed E-state index contributed by atoms with van der Waals surface area (Å²) in [6.07, 6.45) is -0.283. The molecule has 1 atom stereocenters. The molecule has 3 N–H and O–H groups in total. The van der Waals surface area contributed by atoms with Crippen LogP contribution in [0.1, 0.15) is 32.1 Å². The Bertz CT molecular complexity index is 274. The number of ether oxygens (including phenoxy) is 1. The van der Waals surface area contributed by atoms with Gasteiger partial charge in [-0.2, -0.15) is 0 Å². The fraction of sp³-hybridized carbons (Fsp3) is 0.700. The summed E-state index contributed by atoms with van der Waals surface area (Å²) in [5.41, 5.74) is 0. The van der Waals surface area contributed by atoms with Gasteiger partial charge in [-0.25, -0.2) is 4.79 Å². The molecule has 0 aromatic heterocycles. The monoisotopic (exact) mass is 248 g/mol. The summed E-state index contributed by atoms with van der Waals surface area (Å²) >= 11 is 0. The van der Waals surface area contributed by atoms with Gasteiger partial charge in [-0.1, -0.05) is 6.42 Å². The molecule has 98 valence electrons. The largest absolute Gasteiger partial charge is 0.481 e. The molecule has 0 aromatic rings. The smallest absolute Gasteiger partial charge is 0.345 e. The zero-order valence-corrected chi connectivity index (χ0v) is 9.29. The van der Waals surface area contributed by atoms with Crippen LogP contribution in [-0.4, -0.2) is 45.9 Å². The van der Waals surface area contributed by atoms with Crippen molar-refractivity contribution in [3.63, 3.8) is 0 Å². The Morgan fingerprint density at radius 2 is 1.65 bits per heavy atom. The summed E-state index contributed by atoms with van der Waals surface area (Å²) in [6, 6.07) is 0. The standard InChI is InChI=1S/C10H16O7/c11-6-7(12)10(16)17-9(15)5-3-1-2-4-8(13)14/h7,11-12H,1-6H2,(H,13,14). The number of carboxylic acid groups (broad SMARTS) is 1. The van der Waals surface area contributed by atoms with E-state index in [-0.39, 0.29) is 12.8 Å². The first-order valence-electron chi connectivity index (χ1n) is 5.22. The average Bonchev–Trinajstić information content (AvgIpc) is 2.26. The number of unbranched alkanes of at least 4 members (excludes halogenated alkanes) is 2. The van der Waals surface area contributed by atoms with E-state index in [0.29, 0.717) is 19.3 Å². The number of esters is 2. The van der Waals surface area contributed by atoms with Gasteiger partial charge in [-0.15, -0.1) is 0 Å². The Labute approximate surface area is 98.0 Å². The minimum atomic E-state index is -1.70. The first kappa shape index (κ1) is 15.5. The molecule has 0 fully saturated rings. The molecular formula is C10H16O7. The maximum absolute atomic E-state index is 11.0. The molecule has 0 aliphatic carbocycles. The summed E-state index contributed by atoms with van der Waals surface area (Å²) in [6.45, 7) is -0.801. The first-order chi connectivity index (χ1) is 7.97. The molecule has 7 heteroatoms. The quantitative estimate of drug-likeness (QED) is 0.299. The highest BCUT2D eigenvalue weighted by molar-refractivity contribution is 5.87. The number of aliphatic hydroxyl groups excluding tert-OH is 2. The molecule has 0 aliphatic rings. The van der Waals surface area contributed by atoms with E-state index in [0.717, 1.165) is 0 Å². The van der Waals surface area contributed by atoms with Crippen molar-refractivity contribution in [2.24, 2.45) is 0 Å². The third kappa shape index (κ3) is 8.35. The van der Waals surface area contributed by atoms with Crippen LogP contribution in [0.25, 0.3) is 0 Å². The molecule has 1 unspecified atom stereocenters. The first-order valence-corrected chi connectivity index (χ1v) is 5.22. The Kier molecular flexibility index (Phi) is 7.91. The van der Waals surface area contributed by atoms with Crippen LogP contribution >= 0.6 is 0 Å². The lowest BCUT2D eigenvalue weighted by atomic mass is 10.1. The lowest BCUT2D eigenvalue weighted by Gasteiger charge is -2.06. The van der Waals surface area contributed by atoms with Gasteiger partial charge in [0.15, 0.2) is 6.10 Å². The Hall–Kier alpha value is -1.47. The van der Waals surface area contributed by atoms with Crippen LogP contribution in [0, 0.1) is 0 Å². The fourth-order valence-corrected chi connectivity index (χ4v) is 1.03. The number of carbonyl (C=O) groups is 3. The van der Waals surface area contributed by atoms with Gasteiger partial charge in [-0.3, -0.25) is 9.59 Å². The van der Waals surface area contributed by atoms with Crippen LogP contribution in [-0.2, 0) is 19.1 Å². The van der Waals surface area contributed by atoms with Gasteiger partial charge in [-0.05, 0) is 12.8 Å². The van der Waals surface area contributed by atoms with Crippen molar-refractivity contribution >= 4 is 17.9 Å². The van der Waals surface area contributed by atoms with Gasteiger partial charge in [0.25, 0.3) is 0 Å². The molecule has 0 spiro atoms. The third-order valence-electron chi connectivity index (χ3n) is 1.93. The number of rotatable bonds is 8. The zero-order valence-electron chi connectivity index (χ0n) is 9.29. The van der Waals surface area contributed by atoms with Crippen molar-refractivity contribution in [2.45, 2.75) is 38.2 Å². The highest BCUT2D eigenvalue weighted by Gasteiger charge is 2.18. The maximum atomic E-state index is 11.0. The fourth-order valence-electron chi connectivity index (χ4n) is 1.03. The van der Waals surface area contributed by atoms with E-state index in [1.165, 1.54) is 0 Å². The molecule has 0 saturated carbocycles. The average molecular weight is 248 g/mol. The van der Waals surface area contributed by atoms with Crippen molar-refractivity contribution in [2.75, 3.05) is 6.61 Å². The molecule has 0 heterocycles. The van der Waals surface area contributed by atoms with E-state index in [1.54, 1.807) is 0 Å². The minimum absolute atomic E-state index is 0.0243. The molecule has 0 amide bonds. The predicted molar refractivity (Wildman–Crippen MR) is 54.9 cm³/mol. The molecule has 0 saturated heterocycles. The predicted octanol–water partition coefficient (Wildman–Crippen LogP) is -0.556. The van der Waals surface area contributed by atoms with Gasteiger partial charge in [0.2, 0.25) is 0 Å². The van der Waals surface area contributed by atoms with Gasteiger partial charge in [0.1, 0.15) is 0 Å². The number of aliphatic hydroxyl groups is 2. The number of carboxylic acids is 1. The lowest BCUT2D eigenvalue weighted by Crippen LogP contribution is -2.28. The Balaban J connectivity index is 3.59. The Morgan fingerprint density at radius 3 is 2.18 bits per heavy atom. The molecule has 0 radical (unpaired) electrons. The Morgan fingerprint density at radius 1 is 1.06 bits per heavy atom. The van der Waals surface area contributed by atoms with Gasteiger partial charge in [0.05, 0.1) is 6.61 Å². The van der Waals surface area contributed by atoms with Crippen molar-refractivity contribution in [3.05, 3.63) is 0 Å². The molecule has 0 aromatic carbocycles. The summed E-state index contributed by atoms with van der Waals surface area (Å²) in [5, 5.41) is 25.5. The van der Waals surface area contributed by atoms with Crippen molar-refractivity contribution in [3.8, 4) is 0 Å². The maximum Gasteiger partial charge on any atom is 0.345 e. The normalized spacial score (nSPS) is 11.9. The van der Waals surface area contributed by atoms with Crippen LogP contribution in [0.2, 0.25) is 0 Å². The molecule has 0 bridgehead atoms. The second kappa shape index (κ2) is 8.66. The topological polar surface area (TPSA) is 121 Å². The second-order valence-electron chi connectivity index (χ2n) is 3.45. The van der Waals surface area contributed by atoms with Crippen LogP contribution in [0.15, 0.2) is 0 Å². The summed E-state index contributed by atoms with van der Waals surface area (Å²) in [7, 11) is 0. The van der Waals surface area contributed by atoms with E-state index in [4.69, 9.17) is 15.3 Å². The van der Waals surface area contributed by atoms with Gasteiger partial charge < -0.3 is 20.1 Å². The molecule has 17 heavy (non-hydrogen) atoms. The number of carbonyl (C=O) groups excluding carboxylic acids is 2. The molecule has 0 rings (SSSR count). The summed E-state index contributed by atoms with van der Waals surface area (Å²) in [5.74, 6) is -2.87. The SMILES string of the molecule is O=C(O)CCCCCC(=O)OC(=O)C(O)CO. The molecule has 0 aliphatic heterocycles. The van der Waals surface area contributed by atoms with E-state index in [9.17, 15) is 14.4 Å². The summed E-state index contributed by atoms with van der Waals surface area (Å²) < 4.78 is 4.23. The number of aliphatic carboxylic acids is 1. The highest BCUT2D eigenvalue weighted by Crippen LogP contribution is 2.04. The van der Waals surface area contributed by atoms with Gasteiger partial charge >= 0.3 is 17.9 Å². The zero-order chi connectivity index (χ0) is 13.3. The summed E-state index contributed by atoms with van der Waals surface area (Å²) in [4.78, 5) is 32.0. The number of hydrogen-bond donors (Lipinski definition) is 3. The number of hydrogen-bond acceptors (Lipinski definition) is 6.